The summed E-state index contributed by atoms with van der Waals surface area (Å²) in [5.41, 5.74) is 0.954. The molecule has 1 heterocycles. The van der Waals surface area contributed by atoms with Gasteiger partial charge in [0.2, 0.25) is 5.88 Å². The average molecular weight is 304 g/mol. The highest BCUT2D eigenvalue weighted by Gasteiger charge is 2.27. The molecular formula is C16H18ClN3O. The van der Waals surface area contributed by atoms with Crippen molar-refractivity contribution in [2.24, 2.45) is 0 Å². The standard InChI is InChI=1S/C16H18ClN3O/c1-2-18-14-9-15(20-16(19-14)11-7-8-11)21-10-12-5-3-4-6-13(12)17/h3-6,9,11H,2,7-8,10H2,1H3,(H,18,19,20). The maximum Gasteiger partial charge on any atom is 0.219 e. The van der Waals surface area contributed by atoms with Crippen LogP contribution >= 0.6 is 11.6 Å². The summed E-state index contributed by atoms with van der Waals surface area (Å²) >= 11 is 6.14. The van der Waals surface area contributed by atoms with E-state index in [2.05, 4.69) is 15.3 Å². The minimum absolute atomic E-state index is 0.409. The molecule has 1 fully saturated rings. The molecule has 1 N–H and O–H groups in total. The molecule has 0 saturated heterocycles. The molecule has 0 atom stereocenters. The molecule has 0 bridgehead atoms. The number of nitrogens with one attached hydrogen (secondary N) is 1. The molecule has 3 rings (SSSR count). The fourth-order valence-corrected chi connectivity index (χ4v) is 2.27. The third kappa shape index (κ3) is 3.64. The van der Waals surface area contributed by atoms with Gasteiger partial charge in [-0.3, -0.25) is 0 Å². The first-order valence-electron chi connectivity index (χ1n) is 7.25. The van der Waals surface area contributed by atoms with Crippen molar-refractivity contribution in [1.82, 2.24) is 9.97 Å². The van der Waals surface area contributed by atoms with Crippen molar-refractivity contribution in [3.8, 4) is 5.88 Å². The van der Waals surface area contributed by atoms with Crippen molar-refractivity contribution in [3.05, 3.63) is 46.7 Å². The Balaban J connectivity index is 1.76. The summed E-state index contributed by atoms with van der Waals surface area (Å²) in [5, 5.41) is 3.93. The normalized spacial score (nSPS) is 14.0. The molecule has 0 spiro atoms. The lowest BCUT2D eigenvalue weighted by Gasteiger charge is -2.10. The van der Waals surface area contributed by atoms with E-state index in [1.165, 1.54) is 12.8 Å². The van der Waals surface area contributed by atoms with Crippen LogP contribution in [-0.4, -0.2) is 16.5 Å². The van der Waals surface area contributed by atoms with E-state index in [9.17, 15) is 0 Å². The molecule has 0 amide bonds. The fourth-order valence-electron chi connectivity index (χ4n) is 2.08. The summed E-state index contributed by atoms with van der Waals surface area (Å²) in [6, 6.07) is 9.51. The Morgan fingerprint density at radius 2 is 2.10 bits per heavy atom. The summed E-state index contributed by atoms with van der Waals surface area (Å²) in [6.07, 6.45) is 2.33. The number of hydrogen-bond acceptors (Lipinski definition) is 4. The van der Waals surface area contributed by atoms with Crippen LogP contribution in [0.4, 0.5) is 5.82 Å². The molecule has 1 aromatic carbocycles. The van der Waals surface area contributed by atoms with Crippen LogP contribution in [0.25, 0.3) is 0 Å². The summed E-state index contributed by atoms with van der Waals surface area (Å²) in [7, 11) is 0. The number of nitrogens with zero attached hydrogens (tertiary/aromatic N) is 2. The zero-order valence-electron chi connectivity index (χ0n) is 12.0. The Hall–Kier alpha value is -1.81. The van der Waals surface area contributed by atoms with Crippen molar-refractivity contribution >= 4 is 17.4 Å². The van der Waals surface area contributed by atoms with Crippen molar-refractivity contribution in [3.63, 3.8) is 0 Å². The Labute approximate surface area is 129 Å². The minimum Gasteiger partial charge on any atom is -0.473 e. The number of rotatable bonds is 6. The van der Waals surface area contributed by atoms with Crippen LogP contribution < -0.4 is 10.1 Å². The molecule has 1 saturated carbocycles. The Morgan fingerprint density at radius 1 is 1.29 bits per heavy atom. The lowest BCUT2D eigenvalue weighted by molar-refractivity contribution is 0.292. The lowest BCUT2D eigenvalue weighted by Crippen LogP contribution is -2.06. The zero-order valence-corrected chi connectivity index (χ0v) is 12.7. The van der Waals surface area contributed by atoms with Gasteiger partial charge in [-0.1, -0.05) is 29.8 Å². The van der Waals surface area contributed by atoms with E-state index in [1.807, 2.05) is 37.3 Å². The molecule has 2 aromatic rings. The minimum atomic E-state index is 0.409. The predicted molar refractivity (Wildman–Crippen MR) is 84.0 cm³/mol. The van der Waals surface area contributed by atoms with E-state index in [0.717, 1.165) is 23.8 Å². The molecule has 1 aromatic heterocycles. The third-order valence-electron chi connectivity index (χ3n) is 3.35. The number of aromatic nitrogens is 2. The van der Waals surface area contributed by atoms with E-state index in [1.54, 1.807) is 0 Å². The second-order valence-electron chi connectivity index (χ2n) is 5.13. The summed E-state index contributed by atoms with van der Waals surface area (Å²) < 4.78 is 5.80. The van der Waals surface area contributed by atoms with Crippen LogP contribution in [0.5, 0.6) is 5.88 Å². The molecule has 0 unspecified atom stereocenters. The van der Waals surface area contributed by atoms with Crippen LogP contribution in [0.1, 0.15) is 37.1 Å². The smallest absolute Gasteiger partial charge is 0.219 e. The first kappa shape index (κ1) is 14.1. The van der Waals surface area contributed by atoms with Crippen LogP contribution in [0.2, 0.25) is 5.02 Å². The lowest BCUT2D eigenvalue weighted by atomic mass is 10.2. The number of ether oxygens (including phenoxy) is 1. The number of halogens is 1. The molecule has 1 aliphatic rings. The van der Waals surface area contributed by atoms with Gasteiger partial charge in [0.15, 0.2) is 0 Å². The highest BCUT2D eigenvalue weighted by molar-refractivity contribution is 6.31. The predicted octanol–water partition coefficient (Wildman–Crippen LogP) is 4.02. The van der Waals surface area contributed by atoms with Gasteiger partial charge in [0.05, 0.1) is 0 Å². The van der Waals surface area contributed by atoms with Gasteiger partial charge in [-0.15, -0.1) is 0 Å². The molecule has 4 nitrogen and oxygen atoms in total. The maximum atomic E-state index is 6.14. The van der Waals surface area contributed by atoms with Gasteiger partial charge < -0.3 is 10.1 Å². The van der Waals surface area contributed by atoms with Crippen LogP contribution in [0, 0.1) is 0 Å². The highest BCUT2D eigenvalue weighted by Crippen LogP contribution is 2.39. The molecule has 1 aliphatic carbocycles. The topological polar surface area (TPSA) is 47.0 Å². The maximum absolute atomic E-state index is 6.14. The average Bonchev–Trinajstić information content (AvgIpc) is 3.31. The number of anilines is 1. The first-order chi connectivity index (χ1) is 10.3. The van der Waals surface area contributed by atoms with Crippen LogP contribution in [0.15, 0.2) is 30.3 Å². The van der Waals surface area contributed by atoms with Gasteiger partial charge in [0.1, 0.15) is 18.2 Å². The second kappa shape index (κ2) is 6.31. The van der Waals surface area contributed by atoms with Gasteiger partial charge in [0, 0.05) is 29.1 Å². The van der Waals surface area contributed by atoms with Gasteiger partial charge >= 0.3 is 0 Å². The van der Waals surface area contributed by atoms with Gasteiger partial charge in [-0.25, -0.2) is 4.98 Å². The zero-order chi connectivity index (χ0) is 14.7. The molecule has 21 heavy (non-hydrogen) atoms. The molecule has 0 aliphatic heterocycles. The number of hydrogen-bond donors (Lipinski definition) is 1. The molecule has 110 valence electrons. The largest absolute Gasteiger partial charge is 0.473 e. The number of benzene rings is 1. The summed E-state index contributed by atoms with van der Waals surface area (Å²) in [4.78, 5) is 9.04. The third-order valence-corrected chi connectivity index (χ3v) is 3.72. The van der Waals surface area contributed by atoms with Crippen molar-refractivity contribution in [2.45, 2.75) is 32.3 Å². The molecule has 5 heteroatoms. The first-order valence-corrected chi connectivity index (χ1v) is 7.63. The van der Waals surface area contributed by atoms with E-state index < -0.39 is 0 Å². The Kier molecular flexibility index (Phi) is 4.25. The van der Waals surface area contributed by atoms with E-state index in [-0.39, 0.29) is 0 Å². The van der Waals surface area contributed by atoms with E-state index in [0.29, 0.717) is 23.4 Å². The summed E-state index contributed by atoms with van der Waals surface area (Å²) in [5.74, 6) is 2.79. The Bertz CT molecular complexity index is 629. The van der Waals surface area contributed by atoms with Crippen molar-refractivity contribution in [2.75, 3.05) is 11.9 Å². The van der Waals surface area contributed by atoms with Crippen molar-refractivity contribution < 1.29 is 4.74 Å². The highest BCUT2D eigenvalue weighted by atomic mass is 35.5. The van der Waals surface area contributed by atoms with Crippen molar-refractivity contribution in [1.29, 1.82) is 0 Å². The summed E-state index contributed by atoms with van der Waals surface area (Å²) in [6.45, 7) is 3.28. The van der Waals surface area contributed by atoms with E-state index in [4.69, 9.17) is 16.3 Å². The SMILES string of the molecule is CCNc1cc(OCc2ccccc2Cl)nc(C2CC2)n1. The van der Waals surface area contributed by atoms with Gasteiger partial charge in [-0.05, 0) is 25.8 Å². The van der Waals surface area contributed by atoms with Gasteiger partial charge in [-0.2, -0.15) is 4.98 Å². The second-order valence-corrected chi connectivity index (χ2v) is 5.54. The molecular weight excluding hydrogens is 286 g/mol. The monoisotopic (exact) mass is 303 g/mol. The Morgan fingerprint density at radius 3 is 2.81 bits per heavy atom. The van der Waals surface area contributed by atoms with E-state index >= 15 is 0 Å². The van der Waals surface area contributed by atoms with Crippen LogP contribution in [0.3, 0.4) is 0 Å². The van der Waals surface area contributed by atoms with Crippen LogP contribution in [-0.2, 0) is 6.61 Å². The fraction of sp³-hybridized carbons (Fsp3) is 0.375. The quantitative estimate of drug-likeness (QED) is 0.875. The molecule has 0 radical (unpaired) electrons. The van der Waals surface area contributed by atoms with Gasteiger partial charge in [0.25, 0.3) is 0 Å².